The Balaban J connectivity index is 1.93. The Labute approximate surface area is 132 Å². The lowest BCUT2D eigenvalue weighted by Gasteiger charge is -2.36. The summed E-state index contributed by atoms with van der Waals surface area (Å²) in [4.78, 5) is 4.02. The molecule has 1 aromatic carbocycles. The summed E-state index contributed by atoms with van der Waals surface area (Å²) in [6, 6.07) is 9.30. The number of rotatable bonds is 2. The van der Waals surface area contributed by atoms with Gasteiger partial charge in [-0.3, -0.25) is 0 Å². The highest BCUT2D eigenvalue weighted by molar-refractivity contribution is 9.10. The molecule has 0 fully saturated rings. The molecule has 0 radical (unpaired) electrons. The highest BCUT2D eigenvalue weighted by Gasteiger charge is 2.25. The van der Waals surface area contributed by atoms with E-state index < -0.39 is 0 Å². The summed E-state index contributed by atoms with van der Waals surface area (Å²) >= 11 is 5.54. The summed E-state index contributed by atoms with van der Waals surface area (Å²) in [6.07, 6.45) is 1.14. The van der Waals surface area contributed by atoms with E-state index in [1.807, 2.05) is 18.3 Å². The van der Waals surface area contributed by atoms with E-state index in [0.29, 0.717) is 6.04 Å². The molecule has 0 aliphatic carbocycles. The lowest BCUT2D eigenvalue weighted by molar-refractivity contribution is 0.632. The fraction of sp³-hybridized carbons (Fsp3) is 0.375. The van der Waals surface area contributed by atoms with Crippen molar-refractivity contribution >= 4 is 33.0 Å². The van der Waals surface area contributed by atoms with Crippen LogP contribution in [0.5, 0.6) is 0 Å². The molecule has 2 aromatic rings. The van der Waals surface area contributed by atoms with Crippen LogP contribution in [0, 0.1) is 0 Å². The van der Waals surface area contributed by atoms with Gasteiger partial charge in [-0.05, 0) is 55.0 Å². The maximum atomic E-state index is 5.98. The van der Waals surface area contributed by atoms with Crippen LogP contribution in [-0.4, -0.2) is 6.54 Å². The maximum absolute atomic E-state index is 5.98. The Morgan fingerprint density at radius 1 is 1.40 bits per heavy atom. The van der Waals surface area contributed by atoms with Crippen LogP contribution in [-0.2, 0) is 6.42 Å². The summed E-state index contributed by atoms with van der Waals surface area (Å²) in [5, 5.41) is 2.21. The first-order valence-electron chi connectivity index (χ1n) is 6.96. The minimum Gasteiger partial charge on any atom is -0.364 e. The third-order valence-corrected chi connectivity index (χ3v) is 5.77. The first-order chi connectivity index (χ1) is 9.58. The monoisotopic (exact) mass is 350 g/mol. The molecule has 1 aliphatic heterocycles. The molecule has 106 valence electrons. The molecule has 2 unspecified atom stereocenters. The van der Waals surface area contributed by atoms with Gasteiger partial charge in [-0.1, -0.05) is 22.0 Å². The van der Waals surface area contributed by atoms with Crippen LogP contribution in [0.2, 0.25) is 0 Å². The van der Waals surface area contributed by atoms with Gasteiger partial charge in [0, 0.05) is 27.6 Å². The number of nitrogens with zero attached hydrogens (tertiary/aromatic N) is 1. The number of anilines is 1. The van der Waals surface area contributed by atoms with Gasteiger partial charge in [0.2, 0.25) is 0 Å². The van der Waals surface area contributed by atoms with E-state index in [9.17, 15) is 0 Å². The lowest BCUT2D eigenvalue weighted by Crippen LogP contribution is -2.33. The number of hydrogen-bond acceptors (Lipinski definition) is 3. The molecule has 0 spiro atoms. The number of halogens is 1. The Kier molecular flexibility index (Phi) is 3.89. The number of benzene rings is 1. The van der Waals surface area contributed by atoms with E-state index in [0.717, 1.165) is 23.0 Å². The molecule has 20 heavy (non-hydrogen) atoms. The van der Waals surface area contributed by atoms with Crippen molar-refractivity contribution in [3.63, 3.8) is 0 Å². The van der Waals surface area contributed by atoms with Crippen LogP contribution < -0.4 is 10.6 Å². The lowest BCUT2D eigenvalue weighted by atomic mass is 10.00. The van der Waals surface area contributed by atoms with Gasteiger partial charge in [0.25, 0.3) is 0 Å². The van der Waals surface area contributed by atoms with Crippen molar-refractivity contribution in [3.8, 4) is 0 Å². The van der Waals surface area contributed by atoms with Crippen LogP contribution in [0.4, 0.5) is 5.69 Å². The van der Waals surface area contributed by atoms with Crippen LogP contribution >= 0.6 is 27.3 Å². The molecule has 0 amide bonds. The van der Waals surface area contributed by atoms with Crippen molar-refractivity contribution < 1.29 is 0 Å². The molecule has 2 heterocycles. The van der Waals surface area contributed by atoms with Crippen LogP contribution in [0.1, 0.15) is 41.9 Å². The summed E-state index contributed by atoms with van der Waals surface area (Å²) in [5.41, 5.74) is 9.89. The molecule has 4 heteroatoms. The van der Waals surface area contributed by atoms with Gasteiger partial charge in [0.15, 0.2) is 0 Å². The zero-order valence-electron chi connectivity index (χ0n) is 11.8. The van der Waals surface area contributed by atoms with Crippen LogP contribution in [0.25, 0.3) is 0 Å². The molecule has 3 rings (SSSR count). The molecule has 2 nitrogen and oxygen atoms in total. The SMILES string of the molecule is CC(N)c1ccc(N2CCc3sccc3C2C)cc1Br. The minimum absolute atomic E-state index is 0.0562. The fourth-order valence-electron chi connectivity index (χ4n) is 2.93. The summed E-state index contributed by atoms with van der Waals surface area (Å²) in [6.45, 7) is 5.39. The second-order valence-electron chi connectivity index (χ2n) is 5.41. The number of thiophene rings is 1. The van der Waals surface area contributed by atoms with Crippen molar-refractivity contribution in [2.75, 3.05) is 11.4 Å². The van der Waals surface area contributed by atoms with Crippen LogP contribution in [0.3, 0.4) is 0 Å². The van der Waals surface area contributed by atoms with Gasteiger partial charge in [-0.2, -0.15) is 0 Å². The average molecular weight is 351 g/mol. The van der Waals surface area contributed by atoms with Crippen molar-refractivity contribution in [3.05, 3.63) is 50.1 Å². The molecule has 1 aliphatic rings. The molecule has 0 saturated carbocycles. The molecule has 0 saturated heterocycles. The van der Waals surface area contributed by atoms with E-state index in [4.69, 9.17) is 5.73 Å². The Hall–Kier alpha value is -0.840. The number of hydrogen-bond donors (Lipinski definition) is 1. The zero-order chi connectivity index (χ0) is 14.3. The second kappa shape index (κ2) is 5.51. The first kappa shape index (κ1) is 14.1. The zero-order valence-corrected chi connectivity index (χ0v) is 14.2. The molecule has 1 aromatic heterocycles. The first-order valence-corrected chi connectivity index (χ1v) is 8.63. The summed E-state index contributed by atoms with van der Waals surface area (Å²) in [5.74, 6) is 0. The van der Waals surface area contributed by atoms with Gasteiger partial charge < -0.3 is 10.6 Å². The third kappa shape index (κ3) is 2.41. The molecular formula is C16H19BrN2S. The Morgan fingerprint density at radius 2 is 2.20 bits per heavy atom. The molecular weight excluding hydrogens is 332 g/mol. The van der Waals surface area contributed by atoms with Gasteiger partial charge in [-0.15, -0.1) is 11.3 Å². The van der Waals surface area contributed by atoms with E-state index in [2.05, 4.69) is 57.4 Å². The highest BCUT2D eigenvalue weighted by Crippen LogP contribution is 2.37. The van der Waals surface area contributed by atoms with E-state index in [1.165, 1.54) is 11.3 Å². The van der Waals surface area contributed by atoms with E-state index in [1.54, 1.807) is 4.88 Å². The highest BCUT2D eigenvalue weighted by atomic mass is 79.9. The predicted molar refractivity (Wildman–Crippen MR) is 90.5 cm³/mol. The number of fused-ring (bicyclic) bond motifs is 1. The topological polar surface area (TPSA) is 29.3 Å². The Bertz CT molecular complexity index is 621. The van der Waals surface area contributed by atoms with Crippen molar-refractivity contribution in [2.24, 2.45) is 5.73 Å². The maximum Gasteiger partial charge on any atom is 0.0525 e. The van der Waals surface area contributed by atoms with E-state index >= 15 is 0 Å². The normalized spacial score (nSPS) is 19.8. The van der Waals surface area contributed by atoms with E-state index in [-0.39, 0.29) is 6.04 Å². The molecule has 2 atom stereocenters. The predicted octanol–water partition coefficient (Wildman–Crippen LogP) is 4.65. The second-order valence-corrected chi connectivity index (χ2v) is 7.27. The standard InChI is InChI=1S/C16H19BrN2S/c1-10(18)13-4-3-12(9-15(13)17)19-7-5-16-14(11(19)2)6-8-20-16/h3-4,6,8-11H,5,7,18H2,1-2H3. The third-order valence-electron chi connectivity index (χ3n) is 4.08. The van der Waals surface area contributed by atoms with Crippen molar-refractivity contribution in [1.29, 1.82) is 0 Å². The average Bonchev–Trinajstić information content (AvgIpc) is 2.87. The molecule has 0 bridgehead atoms. The van der Waals surface area contributed by atoms with Crippen molar-refractivity contribution in [2.45, 2.75) is 32.4 Å². The summed E-state index contributed by atoms with van der Waals surface area (Å²) < 4.78 is 1.10. The van der Waals surface area contributed by atoms with Crippen LogP contribution in [0.15, 0.2) is 34.1 Å². The summed E-state index contributed by atoms with van der Waals surface area (Å²) in [7, 11) is 0. The quantitative estimate of drug-likeness (QED) is 0.853. The number of nitrogens with two attached hydrogens (primary N) is 1. The fourth-order valence-corrected chi connectivity index (χ4v) is 4.62. The van der Waals surface area contributed by atoms with Gasteiger partial charge in [0.1, 0.15) is 0 Å². The smallest absolute Gasteiger partial charge is 0.0525 e. The molecule has 2 N–H and O–H groups in total. The van der Waals surface area contributed by atoms with Gasteiger partial charge >= 0.3 is 0 Å². The van der Waals surface area contributed by atoms with Gasteiger partial charge in [0.05, 0.1) is 6.04 Å². The van der Waals surface area contributed by atoms with Gasteiger partial charge in [-0.25, -0.2) is 0 Å². The Morgan fingerprint density at radius 3 is 2.90 bits per heavy atom. The largest absolute Gasteiger partial charge is 0.364 e. The minimum atomic E-state index is 0.0562. The van der Waals surface area contributed by atoms with Crippen molar-refractivity contribution in [1.82, 2.24) is 0 Å².